The number of ether oxygens (including phenoxy) is 1. The fourth-order valence-corrected chi connectivity index (χ4v) is 3.89. The topological polar surface area (TPSA) is 67.6 Å². The molecule has 1 amide bonds. The largest absolute Gasteiger partial charge is 0.492 e. The molecule has 3 aromatic rings. The van der Waals surface area contributed by atoms with Gasteiger partial charge in [0.25, 0.3) is 5.89 Å². The van der Waals surface area contributed by atoms with Crippen LogP contribution in [-0.2, 0) is 19.4 Å². The van der Waals surface area contributed by atoms with E-state index in [2.05, 4.69) is 32.0 Å². The molecule has 0 aliphatic carbocycles. The summed E-state index contributed by atoms with van der Waals surface area (Å²) in [5.74, 6) is 1.47. The average Bonchev–Trinajstić information content (AvgIpc) is 3.34. The number of thiophene rings is 1. The Kier molecular flexibility index (Phi) is 6.04. The van der Waals surface area contributed by atoms with Crippen LogP contribution < -0.4 is 10.1 Å². The summed E-state index contributed by atoms with van der Waals surface area (Å²) < 4.78 is 11.3. The van der Waals surface area contributed by atoms with Crippen LogP contribution in [0.3, 0.4) is 0 Å². The zero-order valence-electron chi connectivity index (χ0n) is 15.6. The van der Waals surface area contributed by atoms with Gasteiger partial charge in [-0.25, -0.2) is 4.98 Å². The fourth-order valence-electron chi connectivity index (χ4n) is 3.23. The summed E-state index contributed by atoms with van der Waals surface area (Å²) in [7, 11) is 0. The summed E-state index contributed by atoms with van der Waals surface area (Å²) in [6, 6.07) is 11.7. The molecule has 1 aliphatic heterocycles. The molecule has 0 bridgehead atoms. The van der Waals surface area contributed by atoms with Crippen molar-refractivity contribution < 1.29 is 13.9 Å². The van der Waals surface area contributed by atoms with Crippen molar-refractivity contribution in [3.8, 4) is 5.75 Å². The number of carbonyl (C=O) groups is 1. The Morgan fingerprint density at radius 3 is 2.89 bits per heavy atom. The van der Waals surface area contributed by atoms with E-state index in [0.29, 0.717) is 13.2 Å². The first-order chi connectivity index (χ1) is 13.8. The Morgan fingerprint density at radius 1 is 1.21 bits per heavy atom. The number of oxazole rings is 1. The third-order valence-electron chi connectivity index (χ3n) is 4.68. The Balaban J connectivity index is 1.25. The highest BCUT2D eigenvalue weighted by Gasteiger charge is 2.22. The lowest BCUT2D eigenvalue weighted by atomic mass is 10.2. The molecule has 0 fully saturated rings. The van der Waals surface area contributed by atoms with Crippen LogP contribution in [0.2, 0.25) is 0 Å². The molecule has 0 radical (unpaired) electrons. The van der Waals surface area contributed by atoms with Crippen molar-refractivity contribution >= 4 is 17.2 Å². The van der Waals surface area contributed by atoms with E-state index >= 15 is 0 Å². The SMILES string of the molecule is O=C(NCCOc1ccccc1)c1nc2c(o1)CCN(Cc1ccsc1)CC2. The summed E-state index contributed by atoms with van der Waals surface area (Å²) in [6.45, 7) is 3.57. The van der Waals surface area contributed by atoms with E-state index in [1.807, 2.05) is 30.3 Å². The monoisotopic (exact) mass is 397 g/mol. The number of benzene rings is 1. The second kappa shape index (κ2) is 9.03. The number of para-hydroxylation sites is 1. The van der Waals surface area contributed by atoms with Crippen molar-refractivity contribution in [1.29, 1.82) is 0 Å². The van der Waals surface area contributed by atoms with Crippen LogP contribution in [0.4, 0.5) is 0 Å². The highest BCUT2D eigenvalue weighted by molar-refractivity contribution is 7.07. The van der Waals surface area contributed by atoms with Gasteiger partial charge in [0.1, 0.15) is 18.1 Å². The number of rotatable bonds is 7. The summed E-state index contributed by atoms with van der Waals surface area (Å²) in [5.41, 5.74) is 2.24. The number of hydrogen-bond acceptors (Lipinski definition) is 6. The number of fused-ring (bicyclic) bond motifs is 1. The second-order valence-electron chi connectivity index (χ2n) is 6.71. The van der Waals surface area contributed by atoms with Crippen molar-refractivity contribution in [2.45, 2.75) is 19.4 Å². The lowest BCUT2D eigenvalue weighted by molar-refractivity contribution is 0.0910. The molecule has 4 rings (SSSR count). The van der Waals surface area contributed by atoms with Crippen molar-refractivity contribution in [2.75, 3.05) is 26.2 Å². The first-order valence-corrected chi connectivity index (χ1v) is 10.4. The van der Waals surface area contributed by atoms with Crippen LogP contribution in [0.15, 0.2) is 51.6 Å². The second-order valence-corrected chi connectivity index (χ2v) is 7.49. The van der Waals surface area contributed by atoms with Crippen molar-refractivity contribution in [3.05, 3.63) is 70.1 Å². The maximum absolute atomic E-state index is 12.3. The average molecular weight is 398 g/mol. The lowest BCUT2D eigenvalue weighted by Gasteiger charge is -2.18. The molecule has 0 unspecified atom stereocenters. The van der Waals surface area contributed by atoms with Crippen molar-refractivity contribution in [2.24, 2.45) is 0 Å². The number of nitrogens with one attached hydrogen (secondary N) is 1. The van der Waals surface area contributed by atoms with Crippen LogP contribution in [0, 0.1) is 0 Å². The quantitative estimate of drug-likeness (QED) is 0.621. The summed E-state index contributed by atoms with van der Waals surface area (Å²) >= 11 is 1.72. The van der Waals surface area contributed by atoms with Gasteiger partial charge in [-0.1, -0.05) is 18.2 Å². The smallest absolute Gasteiger partial charge is 0.307 e. The zero-order chi connectivity index (χ0) is 19.2. The Hall–Kier alpha value is -2.64. The number of aromatic nitrogens is 1. The molecular formula is C21H23N3O3S. The third-order valence-corrected chi connectivity index (χ3v) is 5.41. The van der Waals surface area contributed by atoms with E-state index in [4.69, 9.17) is 9.15 Å². The highest BCUT2D eigenvalue weighted by Crippen LogP contribution is 2.19. The van der Waals surface area contributed by atoms with E-state index in [0.717, 1.165) is 49.7 Å². The van der Waals surface area contributed by atoms with Crippen LogP contribution in [0.1, 0.15) is 27.7 Å². The van der Waals surface area contributed by atoms with Crippen molar-refractivity contribution in [1.82, 2.24) is 15.2 Å². The first-order valence-electron chi connectivity index (χ1n) is 9.46. The summed E-state index contributed by atoms with van der Waals surface area (Å²) in [4.78, 5) is 19.1. The van der Waals surface area contributed by atoms with E-state index < -0.39 is 0 Å². The maximum atomic E-state index is 12.3. The minimum absolute atomic E-state index is 0.149. The molecule has 146 valence electrons. The van der Waals surface area contributed by atoms with E-state index in [1.165, 1.54) is 5.56 Å². The number of nitrogens with zero attached hydrogens (tertiary/aromatic N) is 2. The number of hydrogen-bond donors (Lipinski definition) is 1. The molecule has 1 aliphatic rings. The third kappa shape index (κ3) is 4.79. The minimum atomic E-state index is -0.292. The van der Waals surface area contributed by atoms with Crippen LogP contribution in [0.25, 0.3) is 0 Å². The minimum Gasteiger partial charge on any atom is -0.492 e. The normalized spacial score (nSPS) is 14.3. The zero-order valence-corrected chi connectivity index (χ0v) is 16.4. The van der Waals surface area contributed by atoms with Gasteiger partial charge in [0.05, 0.1) is 12.2 Å². The number of carbonyl (C=O) groups excluding carboxylic acids is 1. The van der Waals surface area contributed by atoms with Gasteiger partial charge < -0.3 is 14.5 Å². The van der Waals surface area contributed by atoms with E-state index in [9.17, 15) is 4.79 Å². The molecule has 3 heterocycles. The number of amides is 1. The molecule has 1 N–H and O–H groups in total. The predicted molar refractivity (Wildman–Crippen MR) is 108 cm³/mol. The summed E-state index contributed by atoms with van der Waals surface area (Å²) in [5, 5.41) is 7.09. The van der Waals surface area contributed by atoms with Gasteiger partial charge in [0.2, 0.25) is 0 Å². The highest BCUT2D eigenvalue weighted by atomic mass is 32.1. The molecule has 0 saturated heterocycles. The van der Waals surface area contributed by atoms with E-state index in [-0.39, 0.29) is 11.8 Å². The standard InChI is InChI=1S/C21H23N3O3S/c25-20(22-9-12-26-17-4-2-1-3-5-17)21-23-18-6-10-24(11-7-19(18)27-21)14-16-8-13-28-15-16/h1-5,8,13,15H,6-7,9-12,14H2,(H,22,25). The van der Waals surface area contributed by atoms with E-state index in [1.54, 1.807) is 11.3 Å². The molecule has 2 aromatic heterocycles. The molecule has 1 aromatic carbocycles. The van der Waals surface area contributed by atoms with Gasteiger partial charge in [0, 0.05) is 32.5 Å². The van der Waals surface area contributed by atoms with Crippen LogP contribution >= 0.6 is 11.3 Å². The molecule has 0 saturated carbocycles. The van der Waals surface area contributed by atoms with Crippen molar-refractivity contribution in [3.63, 3.8) is 0 Å². The molecule has 0 atom stereocenters. The first kappa shape index (κ1) is 18.7. The molecular weight excluding hydrogens is 374 g/mol. The van der Waals surface area contributed by atoms with Gasteiger partial charge in [0.15, 0.2) is 0 Å². The summed E-state index contributed by atoms with van der Waals surface area (Å²) in [6.07, 6.45) is 1.57. The van der Waals surface area contributed by atoms with Gasteiger partial charge >= 0.3 is 5.91 Å². The predicted octanol–water partition coefficient (Wildman–Crippen LogP) is 3.15. The Labute approximate surface area is 168 Å². The Morgan fingerprint density at radius 2 is 2.07 bits per heavy atom. The molecule has 28 heavy (non-hydrogen) atoms. The molecule has 6 nitrogen and oxygen atoms in total. The molecule has 7 heteroatoms. The fraction of sp³-hybridized carbons (Fsp3) is 0.333. The van der Waals surface area contributed by atoms with Gasteiger partial charge in [-0.2, -0.15) is 11.3 Å². The van der Waals surface area contributed by atoms with Gasteiger partial charge in [-0.05, 0) is 34.5 Å². The maximum Gasteiger partial charge on any atom is 0.307 e. The van der Waals surface area contributed by atoms with Gasteiger partial charge in [-0.3, -0.25) is 9.69 Å². The van der Waals surface area contributed by atoms with Crippen LogP contribution in [0.5, 0.6) is 5.75 Å². The lowest BCUT2D eigenvalue weighted by Crippen LogP contribution is -2.28. The Bertz CT molecular complexity index is 868. The van der Waals surface area contributed by atoms with Crippen LogP contribution in [-0.4, -0.2) is 42.0 Å². The van der Waals surface area contributed by atoms with Gasteiger partial charge in [-0.15, -0.1) is 0 Å². The molecule has 0 spiro atoms.